The average Bonchev–Trinajstić information content (AvgIpc) is 2.89. The van der Waals surface area contributed by atoms with E-state index < -0.39 is 0 Å². The molecule has 0 radical (unpaired) electrons. The Bertz CT molecular complexity index is 425. The Balaban J connectivity index is 1.80. The van der Waals surface area contributed by atoms with Crippen molar-refractivity contribution in [1.82, 2.24) is 0 Å². The van der Waals surface area contributed by atoms with Crippen LogP contribution in [-0.2, 0) is 20.9 Å². The van der Waals surface area contributed by atoms with Crippen LogP contribution in [0.2, 0.25) is 0 Å². The summed E-state index contributed by atoms with van der Waals surface area (Å²) in [6.07, 6.45) is 2.43. The quantitative estimate of drug-likeness (QED) is 0.764. The molecule has 1 fully saturated rings. The first-order chi connectivity index (χ1) is 9.15. The van der Waals surface area contributed by atoms with Gasteiger partial charge >= 0.3 is 5.97 Å². The van der Waals surface area contributed by atoms with Crippen LogP contribution in [0.5, 0.6) is 0 Å². The third-order valence-electron chi connectivity index (χ3n) is 3.25. The standard InChI is InChI=1S/C15H21NO3/c1-16(2)13-6-3-5-12(9-13)11-19-15(17)10-14-7-4-8-18-14/h3,5-6,9,14H,4,7-8,10-11H2,1-2H3/t14-/m0/s1. The van der Waals surface area contributed by atoms with Crippen LogP contribution in [-0.4, -0.2) is 32.8 Å². The van der Waals surface area contributed by atoms with Crippen LogP contribution in [0, 0.1) is 0 Å². The van der Waals surface area contributed by atoms with Crippen LogP contribution in [0.4, 0.5) is 5.69 Å². The van der Waals surface area contributed by atoms with Gasteiger partial charge in [-0.3, -0.25) is 4.79 Å². The molecule has 1 aliphatic heterocycles. The molecule has 1 saturated heterocycles. The zero-order valence-electron chi connectivity index (χ0n) is 11.6. The Hall–Kier alpha value is -1.55. The number of anilines is 1. The molecular weight excluding hydrogens is 242 g/mol. The predicted octanol–water partition coefficient (Wildman–Crippen LogP) is 2.36. The number of hydrogen-bond donors (Lipinski definition) is 0. The molecular formula is C15H21NO3. The Kier molecular flexibility index (Phi) is 4.80. The Morgan fingerprint density at radius 1 is 1.47 bits per heavy atom. The van der Waals surface area contributed by atoms with Crippen molar-refractivity contribution < 1.29 is 14.3 Å². The predicted molar refractivity (Wildman–Crippen MR) is 74.2 cm³/mol. The maximum Gasteiger partial charge on any atom is 0.308 e. The highest BCUT2D eigenvalue weighted by molar-refractivity contribution is 5.70. The van der Waals surface area contributed by atoms with Gasteiger partial charge in [0.15, 0.2) is 0 Å². The second-order valence-electron chi connectivity index (χ2n) is 5.06. The molecule has 0 saturated carbocycles. The van der Waals surface area contributed by atoms with Crippen molar-refractivity contribution in [2.24, 2.45) is 0 Å². The molecule has 0 aliphatic carbocycles. The third-order valence-corrected chi connectivity index (χ3v) is 3.25. The van der Waals surface area contributed by atoms with E-state index in [0.29, 0.717) is 13.0 Å². The summed E-state index contributed by atoms with van der Waals surface area (Å²) >= 11 is 0. The molecule has 4 heteroatoms. The molecule has 0 spiro atoms. The fourth-order valence-electron chi connectivity index (χ4n) is 2.14. The first-order valence-corrected chi connectivity index (χ1v) is 6.68. The van der Waals surface area contributed by atoms with Gasteiger partial charge in [0.05, 0.1) is 12.5 Å². The number of ether oxygens (including phenoxy) is 2. The Morgan fingerprint density at radius 2 is 2.32 bits per heavy atom. The number of carbonyl (C=O) groups excluding carboxylic acids is 1. The van der Waals surface area contributed by atoms with Gasteiger partial charge in [0.1, 0.15) is 6.61 Å². The van der Waals surface area contributed by atoms with Crippen LogP contribution in [0.1, 0.15) is 24.8 Å². The number of benzene rings is 1. The summed E-state index contributed by atoms with van der Waals surface area (Å²) in [6.45, 7) is 1.09. The van der Waals surface area contributed by atoms with E-state index in [0.717, 1.165) is 30.7 Å². The van der Waals surface area contributed by atoms with E-state index in [9.17, 15) is 4.79 Å². The van der Waals surface area contributed by atoms with Crippen molar-refractivity contribution in [3.05, 3.63) is 29.8 Å². The van der Waals surface area contributed by atoms with Gasteiger partial charge in [-0.15, -0.1) is 0 Å². The average molecular weight is 263 g/mol. The van der Waals surface area contributed by atoms with Gasteiger partial charge in [0, 0.05) is 26.4 Å². The van der Waals surface area contributed by atoms with Crippen LogP contribution in [0.25, 0.3) is 0 Å². The maximum atomic E-state index is 11.7. The third kappa shape index (κ3) is 4.24. The van der Waals surface area contributed by atoms with E-state index in [1.807, 2.05) is 43.3 Å². The number of esters is 1. The van der Waals surface area contributed by atoms with Crippen molar-refractivity contribution in [1.29, 1.82) is 0 Å². The van der Waals surface area contributed by atoms with E-state index >= 15 is 0 Å². The summed E-state index contributed by atoms with van der Waals surface area (Å²) in [5.74, 6) is -0.179. The topological polar surface area (TPSA) is 38.8 Å². The molecule has 0 bridgehead atoms. The molecule has 19 heavy (non-hydrogen) atoms. The van der Waals surface area contributed by atoms with Crippen LogP contribution in [0.15, 0.2) is 24.3 Å². The van der Waals surface area contributed by atoms with Gasteiger partial charge < -0.3 is 14.4 Å². The van der Waals surface area contributed by atoms with Crippen LogP contribution in [0.3, 0.4) is 0 Å². The highest BCUT2D eigenvalue weighted by Crippen LogP contribution is 2.17. The van der Waals surface area contributed by atoms with Gasteiger partial charge in [-0.05, 0) is 30.5 Å². The van der Waals surface area contributed by atoms with Gasteiger partial charge in [-0.2, -0.15) is 0 Å². The van der Waals surface area contributed by atoms with Crippen molar-refractivity contribution in [3.8, 4) is 0 Å². The molecule has 1 aromatic carbocycles. The smallest absolute Gasteiger partial charge is 0.308 e. The molecule has 1 heterocycles. The molecule has 2 rings (SSSR count). The number of nitrogens with zero attached hydrogens (tertiary/aromatic N) is 1. The lowest BCUT2D eigenvalue weighted by molar-refractivity contribution is -0.147. The summed E-state index contributed by atoms with van der Waals surface area (Å²) < 4.78 is 10.7. The zero-order valence-corrected chi connectivity index (χ0v) is 11.6. The molecule has 104 valence electrons. The minimum atomic E-state index is -0.179. The van der Waals surface area contributed by atoms with Crippen molar-refractivity contribution >= 4 is 11.7 Å². The normalized spacial score (nSPS) is 18.3. The Labute approximate surface area is 114 Å². The summed E-state index contributed by atoms with van der Waals surface area (Å²) in [5, 5.41) is 0. The fraction of sp³-hybridized carbons (Fsp3) is 0.533. The lowest BCUT2D eigenvalue weighted by Gasteiger charge is -2.14. The van der Waals surface area contributed by atoms with E-state index in [1.165, 1.54) is 0 Å². The van der Waals surface area contributed by atoms with E-state index in [4.69, 9.17) is 9.47 Å². The highest BCUT2D eigenvalue weighted by atomic mass is 16.5. The van der Waals surface area contributed by atoms with Crippen molar-refractivity contribution in [2.45, 2.75) is 32.0 Å². The molecule has 1 aliphatic rings. The summed E-state index contributed by atoms with van der Waals surface area (Å²) in [5.41, 5.74) is 2.11. The zero-order chi connectivity index (χ0) is 13.7. The summed E-state index contributed by atoms with van der Waals surface area (Å²) in [4.78, 5) is 13.7. The second kappa shape index (κ2) is 6.57. The maximum absolute atomic E-state index is 11.7. The number of hydrogen-bond acceptors (Lipinski definition) is 4. The summed E-state index contributed by atoms with van der Waals surface area (Å²) in [7, 11) is 3.98. The van der Waals surface area contributed by atoms with Crippen LogP contribution < -0.4 is 4.90 Å². The number of rotatable bonds is 5. The van der Waals surface area contributed by atoms with E-state index in [2.05, 4.69) is 0 Å². The Morgan fingerprint density at radius 3 is 3.00 bits per heavy atom. The fourth-order valence-corrected chi connectivity index (χ4v) is 2.14. The second-order valence-corrected chi connectivity index (χ2v) is 5.06. The number of carbonyl (C=O) groups is 1. The summed E-state index contributed by atoms with van der Waals surface area (Å²) in [6, 6.07) is 7.99. The van der Waals surface area contributed by atoms with Crippen LogP contribution >= 0.6 is 0 Å². The van der Waals surface area contributed by atoms with E-state index in [1.54, 1.807) is 0 Å². The minimum absolute atomic E-state index is 0.0561. The molecule has 0 amide bonds. The molecule has 1 atom stereocenters. The van der Waals surface area contributed by atoms with Crippen molar-refractivity contribution in [2.75, 3.05) is 25.6 Å². The molecule has 1 aromatic rings. The largest absolute Gasteiger partial charge is 0.461 e. The first-order valence-electron chi connectivity index (χ1n) is 6.68. The monoisotopic (exact) mass is 263 g/mol. The molecule has 4 nitrogen and oxygen atoms in total. The van der Waals surface area contributed by atoms with Gasteiger partial charge in [0.2, 0.25) is 0 Å². The molecule has 0 aromatic heterocycles. The highest BCUT2D eigenvalue weighted by Gasteiger charge is 2.19. The lowest BCUT2D eigenvalue weighted by Crippen LogP contribution is -2.15. The first kappa shape index (κ1) is 13.9. The van der Waals surface area contributed by atoms with E-state index in [-0.39, 0.29) is 12.1 Å². The SMILES string of the molecule is CN(C)c1cccc(COC(=O)C[C@@H]2CCCO2)c1. The van der Waals surface area contributed by atoms with Gasteiger partial charge in [0.25, 0.3) is 0 Å². The van der Waals surface area contributed by atoms with Gasteiger partial charge in [-0.1, -0.05) is 12.1 Å². The molecule has 0 unspecified atom stereocenters. The molecule has 0 N–H and O–H groups in total. The minimum Gasteiger partial charge on any atom is -0.461 e. The van der Waals surface area contributed by atoms with Gasteiger partial charge in [-0.25, -0.2) is 0 Å². The lowest BCUT2D eigenvalue weighted by atomic mass is 10.2. The van der Waals surface area contributed by atoms with Crippen molar-refractivity contribution in [3.63, 3.8) is 0 Å².